The van der Waals surface area contributed by atoms with Crippen molar-refractivity contribution in [2.24, 2.45) is 0 Å². The molecule has 0 saturated carbocycles. The van der Waals surface area contributed by atoms with Gasteiger partial charge in [-0.15, -0.1) is 0 Å². The summed E-state index contributed by atoms with van der Waals surface area (Å²) < 4.78 is 0. The Labute approximate surface area is 629 Å². The van der Waals surface area contributed by atoms with Crippen LogP contribution in [0.1, 0.15) is 0 Å². The Hall–Kier alpha value is -13.9. The van der Waals surface area contributed by atoms with Crippen molar-refractivity contribution in [3.05, 3.63) is 400 Å². The molecule has 4 aliphatic heterocycles. The molecule has 0 unspecified atom stereocenters. The number of benzene rings is 18. The Bertz CT molecular complexity index is 6440. The highest BCUT2D eigenvalue weighted by Gasteiger charge is 2.49. The van der Waals surface area contributed by atoms with E-state index in [1.54, 1.807) is 0 Å². The van der Waals surface area contributed by atoms with Crippen molar-refractivity contribution in [1.29, 1.82) is 0 Å². The van der Waals surface area contributed by atoms with E-state index < -0.39 is 0 Å². The molecule has 0 atom stereocenters. The van der Waals surface area contributed by atoms with E-state index in [0.29, 0.717) is 0 Å². The average Bonchev–Trinajstić information content (AvgIpc) is 0.681. The summed E-state index contributed by atoms with van der Waals surface area (Å²) in [6.45, 7) is -0.460. The van der Waals surface area contributed by atoms with Crippen LogP contribution in [0.5, 0.6) is 0 Å². The molecular formula is C102H66B2N4. The summed E-state index contributed by atoms with van der Waals surface area (Å²) in [5.41, 5.74) is 34.8. The van der Waals surface area contributed by atoms with E-state index in [0.717, 1.165) is 135 Å². The van der Waals surface area contributed by atoms with Gasteiger partial charge in [0.1, 0.15) is 0 Å². The Morgan fingerprint density at radius 1 is 0.157 bits per heavy atom. The van der Waals surface area contributed by atoms with Crippen LogP contribution >= 0.6 is 0 Å². The number of anilines is 12. The summed E-state index contributed by atoms with van der Waals surface area (Å²) in [5, 5.41) is 7.41. The number of fused-ring (bicyclic) bond motifs is 14. The third-order valence-corrected chi connectivity index (χ3v) is 23.2. The lowest BCUT2D eigenvalue weighted by Crippen LogP contribution is -2.65. The molecule has 108 heavy (non-hydrogen) atoms. The van der Waals surface area contributed by atoms with Crippen LogP contribution in [-0.2, 0) is 0 Å². The third kappa shape index (κ3) is 9.40. The summed E-state index contributed by atoms with van der Waals surface area (Å²) in [5.74, 6) is 0. The first-order chi connectivity index (χ1) is 53.7. The molecule has 4 nitrogen and oxygen atoms in total. The molecule has 6 heteroatoms. The van der Waals surface area contributed by atoms with E-state index >= 15 is 0 Å². The zero-order chi connectivity index (χ0) is 70.9. The standard InChI is InChI=1S/C102H66B2N4/c1-7-32-67(33-8-1)74-48-27-49-75(68-34-9-2-10-35-68)100(74)106-90-56-25-23-54-86(90)103-88-65-89-97(66-96(88)105(92-58-30-59-93(106)98(92)103)73-62-63-84-82-46-20-19-44-80(82)81-45-21-22-47-83(81)85(84)64-73)108(102-78(71-40-15-5-16-41-71)52-29-53-79(102)72-42-17-6-18-43-72)95-61-31-60-94-99(95)104(89)87-55-24-26-57-91(87)107(94)101-76(69-36-11-3-12-37-69)50-28-51-77(101)70-38-13-4-14-39-70/h1-66H. The van der Waals surface area contributed by atoms with Crippen LogP contribution < -0.4 is 52.4 Å². The van der Waals surface area contributed by atoms with Crippen molar-refractivity contribution in [3.63, 3.8) is 0 Å². The largest absolute Gasteiger partial charge is 0.311 e. The number of para-hydroxylation sites is 5. The molecule has 0 spiro atoms. The van der Waals surface area contributed by atoms with E-state index in [9.17, 15) is 0 Å². The highest BCUT2D eigenvalue weighted by Crippen LogP contribution is 2.56. The van der Waals surface area contributed by atoms with Crippen molar-refractivity contribution in [3.8, 4) is 66.8 Å². The second kappa shape index (κ2) is 24.9. The van der Waals surface area contributed by atoms with E-state index in [2.05, 4.69) is 420 Å². The van der Waals surface area contributed by atoms with Gasteiger partial charge in [0.2, 0.25) is 0 Å². The lowest BCUT2D eigenvalue weighted by molar-refractivity contribution is 1.24. The molecular weight excluding hydrogens is 1300 g/mol. The summed E-state index contributed by atoms with van der Waals surface area (Å²) in [6, 6.07) is 150. The highest BCUT2D eigenvalue weighted by molar-refractivity contribution is 7.03. The molecule has 0 N–H and O–H groups in total. The predicted octanol–water partition coefficient (Wildman–Crippen LogP) is 23.3. The van der Waals surface area contributed by atoms with Gasteiger partial charge in [0, 0.05) is 84.6 Å². The molecule has 4 aliphatic rings. The maximum atomic E-state index is 2.69. The fourth-order valence-electron chi connectivity index (χ4n) is 18.8. The smallest absolute Gasteiger partial charge is 0.252 e. The topological polar surface area (TPSA) is 13.0 Å². The first kappa shape index (κ1) is 61.5. The molecule has 0 radical (unpaired) electrons. The first-order valence-electron chi connectivity index (χ1n) is 37.6. The summed E-state index contributed by atoms with van der Waals surface area (Å²) >= 11 is 0. The Morgan fingerprint density at radius 2 is 0.417 bits per heavy atom. The van der Waals surface area contributed by atoms with Crippen molar-refractivity contribution >= 4 is 147 Å². The summed E-state index contributed by atoms with van der Waals surface area (Å²) in [4.78, 5) is 10.6. The molecule has 0 fully saturated rings. The number of hydrogen-bond donors (Lipinski definition) is 0. The zero-order valence-electron chi connectivity index (χ0n) is 59.0. The molecule has 0 aliphatic carbocycles. The molecule has 0 amide bonds. The Kier molecular flexibility index (Phi) is 14.2. The summed E-state index contributed by atoms with van der Waals surface area (Å²) in [6.07, 6.45) is 0. The van der Waals surface area contributed by atoms with Gasteiger partial charge in [0.15, 0.2) is 0 Å². The molecule has 500 valence electrons. The zero-order valence-corrected chi connectivity index (χ0v) is 59.0. The van der Waals surface area contributed by atoms with Crippen molar-refractivity contribution in [1.82, 2.24) is 0 Å². The van der Waals surface area contributed by atoms with Crippen LogP contribution in [0.25, 0.3) is 99.1 Å². The van der Waals surface area contributed by atoms with E-state index in [1.165, 1.54) is 65.1 Å². The van der Waals surface area contributed by atoms with Gasteiger partial charge in [-0.3, -0.25) is 0 Å². The number of hydrogen-bond acceptors (Lipinski definition) is 4. The van der Waals surface area contributed by atoms with Gasteiger partial charge in [-0.05, 0) is 153 Å². The van der Waals surface area contributed by atoms with Gasteiger partial charge in [-0.1, -0.05) is 346 Å². The van der Waals surface area contributed by atoms with Crippen LogP contribution in [0.2, 0.25) is 0 Å². The second-order valence-electron chi connectivity index (χ2n) is 28.8. The first-order valence-corrected chi connectivity index (χ1v) is 37.6. The highest BCUT2D eigenvalue weighted by atomic mass is 15.2. The lowest BCUT2D eigenvalue weighted by Gasteiger charge is -2.48. The van der Waals surface area contributed by atoms with Crippen molar-refractivity contribution in [2.75, 3.05) is 19.6 Å². The molecule has 18 aromatic rings. The van der Waals surface area contributed by atoms with Crippen molar-refractivity contribution < 1.29 is 0 Å². The average molecular weight is 1370 g/mol. The van der Waals surface area contributed by atoms with Crippen LogP contribution in [0.4, 0.5) is 68.2 Å². The maximum Gasteiger partial charge on any atom is 0.252 e. The van der Waals surface area contributed by atoms with Crippen LogP contribution in [-0.4, -0.2) is 13.4 Å². The SMILES string of the molecule is c1ccc(-c2cccc(-c3ccccc3)c2N2c3ccccc3B3c4cc5c(cc4N(c4ccc6c7ccccc7c7ccccc7c6c4)c4cccc2c43)N(c2c(-c3ccccc3)cccc2-c2ccccc2)c2cccc3c2B5c2ccccc2N3c2c(-c3ccccc3)cccc2-c2ccccc2)cc1. The molecule has 18 aromatic carbocycles. The van der Waals surface area contributed by atoms with Gasteiger partial charge in [-0.25, -0.2) is 0 Å². The van der Waals surface area contributed by atoms with Gasteiger partial charge >= 0.3 is 0 Å². The minimum Gasteiger partial charge on any atom is -0.311 e. The monoisotopic (exact) mass is 1370 g/mol. The Morgan fingerprint density at radius 3 is 0.769 bits per heavy atom. The normalized spacial score (nSPS) is 12.9. The molecule has 22 rings (SSSR count). The quantitative estimate of drug-likeness (QED) is 0.0999. The van der Waals surface area contributed by atoms with Gasteiger partial charge in [-0.2, -0.15) is 0 Å². The summed E-state index contributed by atoms with van der Waals surface area (Å²) in [7, 11) is 0. The Balaban J connectivity index is 0.880. The van der Waals surface area contributed by atoms with Crippen molar-refractivity contribution in [2.45, 2.75) is 0 Å². The fourth-order valence-corrected chi connectivity index (χ4v) is 18.8. The minimum atomic E-state index is -0.236. The lowest BCUT2D eigenvalue weighted by atomic mass is 9.30. The molecule has 4 heterocycles. The molecule has 0 saturated heterocycles. The van der Waals surface area contributed by atoms with Crippen LogP contribution in [0, 0.1) is 0 Å². The minimum absolute atomic E-state index is 0.224. The molecule has 0 aromatic heterocycles. The van der Waals surface area contributed by atoms with Gasteiger partial charge < -0.3 is 19.6 Å². The van der Waals surface area contributed by atoms with Gasteiger partial charge in [0.25, 0.3) is 13.4 Å². The maximum absolute atomic E-state index is 2.69. The van der Waals surface area contributed by atoms with Gasteiger partial charge in [0.05, 0.1) is 17.1 Å². The number of rotatable bonds is 10. The van der Waals surface area contributed by atoms with E-state index in [-0.39, 0.29) is 13.4 Å². The van der Waals surface area contributed by atoms with Crippen LogP contribution in [0.15, 0.2) is 400 Å². The third-order valence-electron chi connectivity index (χ3n) is 23.2. The van der Waals surface area contributed by atoms with E-state index in [4.69, 9.17) is 0 Å². The van der Waals surface area contributed by atoms with E-state index in [1.807, 2.05) is 0 Å². The van der Waals surface area contributed by atoms with Crippen LogP contribution in [0.3, 0.4) is 0 Å². The number of nitrogens with zero attached hydrogens (tertiary/aromatic N) is 4. The fraction of sp³-hybridized carbons (Fsp3) is 0. The second-order valence-corrected chi connectivity index (χ2v) is 28.8. The predicted molar refractivity (Wildman–Crippen MR) is 460 cm³/mol. The molecule has 0 bridgehead atoms.